The molecule has 1 atom stereocenters. The Hall–Kier alpha value is -3.26. The molecule has 7 nitrogen and oxygen atoms in total. The van der Waals surface area contributed by atoms with Crippen LogP contribution in [0.1, 0.15) is 47.3 Å². The Morgan fingerprint density at radius 1 is 1.17 bits per heavy atom. The van der Waals surface area contributed by atoms with Gasteiger partial charge in [-0.3, -0.25) is 9.59 Å². The Balaban J connectivity index is 1.53. The molecule has 0 spiro atoms. The molecule has 0 fully saturated rings. The number of hydrogen-bond acceptors (Lipinski definition) is 6. The molecule has 1 aromatic carbocycles. The van der Waals surface area contributed by atoms with Crippen molar-refractivity contribution in [2.24, 2.45) is 5.92 Å². The monoisotopic (exact) mass is 496 g/mol. The van der Waals surface area contributed by atoms with E-state index in [1.165, 1.54) is 11.1 Å². The molecule has 2 aromatic heterocycles. The van der Waals surface area contributed by atoms with E-state index in [0.29, 0.717) is 37.1 Å². The number of ether oxygens (including phenoxy) is 2. The van der Waals surface area contributed by atoms with Crippen molar-refractivity contribution in [2.75, 3.05) is 33.4 Å². The summed E-state index contributed by atoms with van der Waals surface area (Å²) in [5, 5.41) is 2.06. The Bertz CT molecular complexity index is 1120. The third-order valence-corrected chi connectivity index (χ3v) is 7.20. The van der Waals surface area contributed by atoms with Crippen LogP contribution >= 0.6 is 11.3 Å². The highest BCUT2D eigenvalue weighted by molar-refractivity contribution is 7.10. The van der Waals surface area contributed by atoms with Gasteiger partial charge >= 0.3 is 0 Å². The number of amides is 2. The molecule has 1 aliphatic heterocycles. The van der Waals surface area contributed by atoms with Crippen LogP contribution in [0.2, 0.25) is 0 Å². The lowest BCUT2D eigenvalue weighted by molar-refractivity contribution is -0.135. The van der Waals surface area contributed by atoms with Gasteiger partial charge in [0.2, 0.25) is 5.91 Å². The lowest BCUT2D eigenvalue weighted by Gasteiger charge is -2.37. The van der Waals surface area contributed by atoms with Gasteiger partial charge in [-0.1, -0.05) is 26.0 Å². The minimum absolute atomic E-state index is 0.00309. The molecule has 4 rings (SSSR count). The van der Waals surface area contributed by atoms with Crippen LogP contribution in [0.3, 0.4) is 0 Å². The smallest absolute Gasteiger partial charge is 0.290 e. The first-order valence-corrected chi connectivity index (χ1v) is 12.8. The van der Waals surface area contributed by atoms with Crippen LogP contribution in [0.25, 0.3) is 0 Å². The maximum atomic E-state index is 13.6. The summed E-state index contributed by atoms with van der Waals surface area (Å²) in [6, 6.07) is 12.6. The van der Waals surface area contributed by atoms with Gasteiger partial charge in [-0.25, -0.2) is 0 Å². The number of methoxy groups -OCH3 is 1. The van der Waals surface area contributed by atoms with Gasteiger partial charge < -0.3 is 23.7 Å². The largest absolute Gasteiger partial charge is 0.493 e. The van der Waals surface area contributed by atoms with E-state index in [2.05, 4.69) is 25.3 Å². The quantitative estimate of drug-likeness (QED) is 0.393. The van der Waals surface area contributed by atoms with Gasteiger partial charge in [0.1, 0.15) is 13.2 Å². The van der Waals surface area contributed by atoms with Crippen LogP contribution in [-0.2, 0) is 11.2 Å². The van der Waals surface area contributed by atoms with Gasteiger partial charge in [0.15, 0.2) is 17.3 Å². The molecule has 0 N–H and O–H groups in total. The van der Waals surface area contributed by atoms with Crippen molar-refractivity contribution in [3.05, 3.63) is 70.3 Å². The predicted octanol–water partition coefficient (Wildman–Crippen LogP) is 5.04. The van der Waals surface area contributed by atoms with Crippen LogP contribution in [-0.4, -0.2) is 55.0 Å². The zero-order valence-corrected chi connectivity index (χ0v) is 21.3. The molecule has 1 aliphatic rings. The van der Waals surface area contributed by atoms with E-state index < -0.39 is 0 Å². The number of fused-ring (bicyclic) bond motifs is 1. The summed E-state index contributed by atoms with van der Waals surface area (Å²) in [5.41, 5.74) is 1.11. The second-order valence-corrected chi connectivity index (χ2v) is 10.0. The summed E-state index contributed by atoms with van der Waals surface area (Å²) in [5.74, 6) is 1.57. The highest BCUT2D eigenvalue weighted by atomic mass is 32.1. The van der Waals surface area contributed by atoms with Crippen LogP contribution in [0.15, 0.2) is 58.5 Å². The van der Waals surface area contributed by atoms with Gasteiger partial charge in [0.25, 0.3) is 5.91 Å². The molecule has 0 unspecified atom stereocenters. The van der Waals surface area contributed by atoms with Crippen LogP contribution < -0.4 is 9.47 Å². The third kappa shape index (κ3) is 5.88. The van der Waals surface area contributed by atoms with Crippen LogP contribution in [0, 0.1) is 5.92 Å². The number of para-hydroxylation sites is 2. The maximum Gasteiger partial charge on any atom is 0.290 e. The zero-order chi connectivity index (χ0) is 24.8. The number of rotatable bonds is 10. The summed E-state index contributed by atoms with van der Waals surface area (Å²) < 4.78 is 16.9. The van der Waals surface area contributed by atoms with Gasteiger partial charge in [-0.05, 0) is 60.0 Å². The van der Waals surface area contributed by atoms with E-state index in [1.54, 1.807) is 35.5 Å². The topological polar surface area (TPSA) is 72.2 Å². The second-order valence-electron chi connectivity index (χ2n) is 9.00. The van der Waals surface area contributed by atoms with Gasteiger partial charge in [-0.15, -0.1) is 11.3 Å². The number of furan rings is 1. The minimum atomic E-state index is -0.265. The third-order valence-electron chi connectivity index (χ3n) is 6.20. The summed E-state index contributed by atoms with van der Waals surface area (Å²) in [6.07, 6.45) is 3.07. The summed E-state index contributed by atoms with van der Waals surface area (Å²) >= 11 is 1.71. The summed E-state index contributed by atoms with van der Waals surface area (Å²) in [7, 11) is 1.61. The first kappa shape index (κ1) is 24.9. The number of hydrogen-bond donors (Lipinski definition) is 0. The molecule has 0 saturated heterocycles. The van der Waals surface area contributed by atoms with E-state index in [-0.39, 0.29) is 30.2 Å². The van der Waals surface area contributed by atoms with Gasteiger partial charge in [0.05, 0.1) is 19.4 Å². The average molecular weight is 497 g/mol. The highest BCUT2D eigenvalue weighted by Crippen LogP contribution is 2.35. The predicted molar refractivity (Wildman–Crippen MR) is 135 cm³/mol. The standard InChI is InChI=1S/C27H32N2O5S/c1-19(2)10-13-28(27(31)24-9-6-15-33-24)17-26(30)29-14-11-25-20(12-16-35-25)21(29)18-34-23-8-5-4-7-22(23)32-3/h4-9,12,15-16,19,21H,10-11,13-14,17-18H2,1-3H3/t21-/m0/s1. The lowest BCUT2D eigenvalue weighted by Crippen LogP contribution is -2.48. The van der Waals surface area contributed by atoms with Crippen molar-refractivity contribution in [3.8, 4) is 11.5 Å². The molecule has 2 amide bonds. The molecule has 3 aromatic rings. The van der Waals surface area contributed by atoms with E-state index in [0.717, 1.165) is 18.4 Å². The highest BCUT2D eigenvalue weighted by Gasteiger charge is 2.34. The molecule has 3 heterocycles. The molecule has 35 heavy (non-hydrogen) atoms. The minimum Gasteiger partial charge on any atom is -0.493 e. The summed E-state index contributed by atoms with van der Waals surface area (Å²) in [6.45, 7) is 5.57. The van der Waals surface area contributed by atoms with Crippen LogP contribution in [0.5, 0.6) is 11.5 Å². The molecule has 186 valence electrons. The number of carbonyl (C=O) groups excluding carboxylic acids is 2. The molecule has 0 aliphatic carbocycles. The molecule has 0 saturated carbocycles. The molecular weight excluding hydrogens is 464 g/mol. The first-order chi connectivity index (χ1) is 17.0. The first-order valence-electron chi connectivity index (χ1n) is 11.9. The van der Waals surface area contributed by atoms with Crippen molar-refractivity contribution in [1.29, 1.82) is 0 Å². The lowest BCUT2D eigenvalue weighted by atomic mass is 10.00. The van der Waals surface area contributed by atoms with E-state index in [4.69, 9.17) is 13.9 Å². The zero-order valence-electron chi connectivity index (χ0n) is 20.4. The number of carbonyl (C=O) groups is 2. The van der Waals surface area contributed by atoms with Crippen molar-refractivity contribution in [1.82, 2.24) is 9.80 Å². The number of benzene rings is 1. The van der Waals surface area contributed by atoms with E-state index in [9.17, 15) is 9.59 Å². The maximum absolute atomic E-state index is 13.6. The molecular formula is C27H32N2O5S. The Kier molecular flexibility index (Phi) is 8.13. The number of thiophene rings is 1. The van der Waals surface area contributed by atoms with Crippen molar-refractivity contribution in [3.63, 3.8) is 0 Å². The fraction of sp³-hybridized carbons (Fsp3) is 0.407. The average Bonchev–Trinajstić information content (AvgIpc) is 3.57. The Morgan fingerprint density at radius 3 is 2.69 bits per heavy atom. The summed E-state index contributed by atoms with van der Waals surface area (Å²) in [4.78, 5) is 31.4. The van der Waals surface area contributed by atoms with Crippen molar-refractivity contribution >= 4 is 23.2 Å². The van der Waals surface area contributed by atoms with E-state index >= 15 is 0 Å². The fourth-order valence-corrected chi connectivity index (χ4v) is 5.19. The van der Waals surface area contributed by atoms with Crippen molar-refractivity contribution in [2.45, 2.75) is 32.7 Å². The van der Waals surface area contributed by atoms with Gasteiger partial charge in [0, 0.05) is 18.0 Å². The normalized spacial score (nSPS) is 15.1. The SMILES string of the molecule is COc1ccccc1OC[C@H]1c2ccsc2CCN1C(=O)CN(CCC(C)C)C(=O)c1ccco1. The number of nitrogens with zero attached hydrogens (tertiary/aromatic N) is 2. The molecule has 8 heteroatoms. The van der Waals surface area contributed by atoms with Gasteiger partial charge in [-0.2, -0.15) is 0 Å². The molecule has 0 radical (unpaired) electrons. The van der Waals surface area contributed by atoms with Crippen LogP contribution in [0.4, 0.5) is 0 Å². The second kappa shape index (κ2) is 11.4. The fourth-order valence-electron chi connectivity index (χ4n) is 4.26. The van der Waals surface area contributed by atoms with Crippen molar-refractivity contribution < 1.29 is 23.5 Å². The Labute approximate surface area is 210 Å². The molecule has 0 bridgehead atoms. The van der Waals surface area contributed by atoms with E-state index in [1.807, 2.05) is 29.2 Å². The Morgan fingerprint density at radius 2 is 1.97 bits per heavy atom.